The lowest BCUT2D eigenvalue weighted by atomic mass is 10.1. The standard InChI is InChI=1S/C16H22N4O/c1-12-5-7-13(8-6-12)16-18-15(21-19-16)11-20-9-3-4-14(10-20)17-2/h5-8,14,17H,3-4,9-11H2,1-2H3. The molecule has 1 saturated heterocycles. The largest absolute Gasteiger partial charge is 0.338 e. The van der Waals surface area contributed by atoms with Crippen LogP contribution in [0, 0.1) is 6.92 Å². The average Bonchev–Trinajstić information content (AvgIpc) is 2.96. The van der Waals surface area contributed by atoms with Crippen molar-refractivity contribution in [3.8, 4) is 11.4 Å². The molecule has 1 aliphatic heterocycles. The van der Waals surface area contributed by atoms with Crippen molar-refractivity contribution >= 4 is 0 Å². The van der Waals surface area contributed by atoms with Gasteiger partial charge in [-0.15, -0.1) is 0 Å². The molecule has 0 amide bonds. The van der Waals surface area contributed by atoms with E-state index in [4.69, 9.17) is 4.52 Å². The molecule has 5 heteroatoms. The average molecular weight is 286 g/mol. The lowest BCUT2D eigenvalue weighted by molar-refractivity contribution is 0.167. The number of benzene rings is 1. The fourth-order valence-electron chi connectivity index (χ4n) is 2.77. The summed E-state index contributed by atoms with van der Waals surface area (Å²) < 4.78 is 5.40. The molecule has 2 heterocycles. The Balaban J connectivity index is 1.66. The van der Waals surface area contributed by atoms with Gasteiger partial charge >= 0.3 is 0 Å². The van der Waals surface area contributed by atoms with Gasteiger partial charge in [-0.3, -0.25) is 4.90 Å². The van der Waals surface area contributed by atoms with Crippen molar-refractivity contribution in [3.05, 3.63) is 35.7 Å². The molecule has 3 rings (SSSR count). The molecule has 1 N–H and O–H groups in total. The Kier molecular flexibility index (Phi) is 4.31. The molecule has 21 heavy (non-hydrogen) atoms. The topological polar surface area (TPSA) is 54.2 Å². The first kappa shape index (κ1) is 14.2. The van der Waals surface area contributed by atoms with E-state index < -0.39 is 0 Å². The van der Waals surface area contributed by atoms with Crippen molar-refractivity contribution in [1.29, 1.82) is 0 Å². The third kappa shape index (κ3) is 3.49. The van der Waals surface area contributed by atoms with E-state index in [9.17, 15) is 0 Å². The molecule has 1 atom stereocenters. The fraction of sp³-hybridized carbons (Fsp3) is 0.500. The highest BCUT2D eigenvalue weighted by atomic mass is 16.5. The number of nitrogens with one attached hydrogen (secondary N) is 1. The van der Waals surface area contributed by atoms with Crippen LogP contribution in [0.25, 0.3) is 11.4 Å². The number of aromatic nitrogens is 2. The zero-order valence-electron chi connectivity index (χ0n) is 12.7. The second-order valence-electron chi connectivity index (χ2n) is 5.74. The van der Waals surface area contributed by atoms with Gasteiger partial charge in [0.25, 0.3) is 0 Å². The first-order valence-electron chi connectivity index (χ1n) is 7.54. The Bertz CT molecular complexity index is 578. The van der Waals surface area contributed by atoms with E-state index in [1.54, 1.807) is 0 Å². The molecule has 1 aromatic carbocycles. The van der Waals surface area contributed by atoms with Crippen LogP contribution in [0.3, 0.4) is 0 Å². The highest BCUT2D eigenvalue weighted by Gasteiger charge is 2.20. The molecule has 0 aliphatic carbocycles. The van der Waals surface area contributed by atoms with Crippen molar-refractivity contribution in [1.82, 2.24) is 20.4 Å². The van der Waals surface area contributed by atoms with Crippen molar-refractivity contribution in [3.63, 3.8) is 0 Å². The van der Waals surface area contributed by atoms with E-state index in [0.29, 0.717) is 17.8 Å². The maximum Gasteiger partial charge on any atom is 0.241 e. The Labute approximate surface area is 125 Å². The van der Waals surface area contributed by atoms with E-state index in [1.165, 1.54) is 18.4 Å². The van der Waals surface area contributed by atoms with Crippen LogP contribution >= 0.6 is 0 Å². The zero-order valence-corrected chi connectivity index (χ0v) is 12.7. The molecule has 0 bridgehead atoms. The number of nitrogens with zero attached hydrogens (tertiary/aromatic N) is 3. The number of rotatable bonds is 4. The predicted molar refractivity (Wildman–Crippen MR) is 81.8 cm³/mol. The predicted octanol–water partition coefficient (Wildman–Crippen LogP) is 2.23. The molecule has 0 spiro atoms. The number of likely N-dealkylation sites (tertiary alicyclic amines) is 1. The van der Waals surface area contributed by atoms with Crippen molar-refractivity contribution < 1.29 is 4.52 Å². The highest BCUT2D eigenvalue weighted by molar-refractivity contribution is 5.54. The van der Waals surface area contributed by atoms with Crippen LogP contribution in [-0.4, -0.2) is 41.2 Å². The first-order chi connectivity index (χ1) is 10.2. The third-order valence-electron chi connectivity index (χ3n) is 4.05. The minimum Gasteiger partial charge on any atom is -0.338 e. The van der Waals surface area contributed by atoms with Gasteiger partial charge in [0.2, 0.25) is 11.7 Å². The van der Waals surface area contributed by atoms with Crippen molar-refractivity contribution in [2.45, 2.75) is 32.4 Å². The maximum atomic E-state index is 5.40. The number of piperidine rings is 1. The molecule has 5 nitrogen and oxygen atoms in total. The normalized spacial score (nSPS) is 19.8. The Morgan fingerprint density at radius 1 is 1.33 bits per heavy atom. The van der Waals surface area contributed by atoms with Gasteiger partial charge in [0, 0.05) is 18.2 Å². The van der Waals surface area contributed by atoms with Crippen LogP contribution in [0.1, 0.15) is 24.3 Å². The molecule has 1 aliphatic rings. The summed E-state index contributed by atoms with van der Waals surface area (Å²) in [7, 11) is 2.02. The minimum absolute atomic E-state index is 0.568. The SMILES string of the molecule is CNC1CCCN(Cc2nc(-c3ccc(C)cc3)no2)C1. The second-order valence-corrected chi connectivity index (χ2v) is 5.74. The summed E-state index contributed by atoms with van der Waals surface area (Å²) in [6, 6.07) is 8.75. The molecular weight excluding hydrogens is 264 g/mol. The van der Waals surface area contributed by atoms with Gasteiger partial charge in [-0.25, -0.2) is 0 Å². The van der Waals surface area contributed by atoms with Crippen LogP contribution in [0.4, 0.5) is 0 Å². The van der Waals surface area contributed by atoms with E-state index >= 15 is 0 Å². The molecule has 1 fully saturated rings. The summed E-state index contributed by atoms with van der Waals surface area (Å²) in [6.07, 6.45) is 2.45. The van der Waals surface area contributed by atoms with Gasteiger partial charge in [0.05, 0.1) is 6.54 Å². The Morgan fingerprint density at radius 2 is 2.14 bits per heavy atom. The Hall–Kier alpha value is -1.72. The van der Waals surface area contributed by atoms with Gasteiger partial charge in [-0.05, 0) is 33.4 Å². The quantitative estimate of drug-likeness (QED) is 0.934. The van der Waals surface area contributed by atoms with E-state index in [2.05, 4.69) is 39.4 Å². The van der Waals surface area contributed by atoms with Crippen molar-refractivity contribution in [2.24, 2.45) is 0 Å². The number of hydrogen-bond acceptors (Lipinski definition) is 5. The lowest BCUT2D eigenvalue weighted by Gasteiger charge is -2.31. The van der Waals surface area contributed by atoms with Gasteiger partial charge in [0.15, 0.2) is 0 Å². The summed E-state index contributed by atoms with van der Waals surface area (Å²) in [5.41, 5.74) is 2.23. The van der Waals surface area contributed by atoms with Crippen LogP contribution in [0.2, 0.25) is 0 Å². The molecule has 0 saturated carbocycles. The van der Waals surface area contributed by atoms with Crippen LogP contribution in [0.5, 0.6) is 0 Å². The maximum absolute atomic E-state index is 5.40. The van der Waals surface area contributed by atoms with E-state index in [0.717, 1.165) is 25.2 Å². The Morgan fingerprint density at radius 3 is 2.90 bits per heavy atom. The van der Waals surface area contributed by atoms with E-state index in [-0.39, 0.29) is 0 Å². The molecule has 1 aromatic heterocycles. The molecular formula is C16H22N4O. The second kappa shape index (κ2) is 6.37. The molecule has 112 valence electrons. The van der Waals surface area contributed by atoms with Gasteiger partial charge in [-0.2, -0.15) is 4.98 Å². The summed E-state index contributed by atoms with van der Waals surface area (Å²) >= 11 is 0. The summed E-state index contributed by atoms with van der Waals surface area (Å²) in [4.78, 5) is 6.89. The highest BCUT2D eigenvalue weighted by Crippen LogP contribution is 2.18. The van der Waals surface area contributed by atoms with Gasteiger partial charge in [-0.1, -0.05) is 35.0 Å². The molecule has 2 aromatic rings. The number of hydrogen-bond donors (Lipinski definition) is 1. The minimum atomic E-state index is 0.568. The fourth-order valence-corrected chi connectivity index (χ4v) is 2.77. The lowest BCUT2D eigenvalue weighted by Crippen LogP contribution is -2.43. The van der Waals surface area contributed by atoms with Gasteiger partial charge in [0.1, 0.15) is 0 Å². The van der Waals surface area contributed by atoms with Crippen molar-refractivity contribution in [2.75, 3.05) is 20.1 Å². The third-order valence-corrected chi connectivity index (χ3v) is 4.05. The number of likely N-dealkylation sites (N-methyl/N-ethyl adjacent to an activating group) is 1. The summed E-state index contributed by atoms with van der Waals surface area (Å²) in [6.45, 7) is 4.94. The summed E-state index contributed by atoms with van der Waals surface area (Å²) in [5, 5.41) is 7.44. The summed E-state index contributed by atoms with van der Waals surface area (Å²) in [5.74, 6) is 1.37. The van der Waals surface area contributed by atoms with Crippen LogP contribution in [0.15, 0.2) is 28.8 Å². The monoisotopic (exact) mass is 286 g/mol. The van der Waals surface area contributed by atoms with Gasteiger partial charge < -0.3 is 9.84 Å². The molecule has 1 unspecified atom stereocenters. The van der Waals surface area contributed by atoms with Crippen LogP contribution < -0.4 is 5.32 Å². The van der Waals surface area contributed by atoms with E-state index in [1.807, 2.05) is 19.2 Å². The first-order valence-corrected chi connectivity index (χ1v) is 7.54. The zero-order chi connectivity index (χ0) is 14.7. The smallest absolute Gasteiger partial charge is 0.241 e. The van der Waals surface area contributed by atoms with Crippen LogP contribution in [-0.2, 0) is 6.54 Å². The number of aryl methyl sites for hydroxylation is 1. The molecule has 0 radical (unpaired) electrons.